The number of nitrogens with one attached hydrogen (secondary N) is 1. The Bertz CT molecular complexity index is 297. The Balaban J connectivity index is 2.87. The zero-order chi connectivity index (χ0) is 12.3. The molecule has 6 heteroatoms. The summed E-state index contributed by atoms with van der Waals surface area (Å²) in [7, 11) is 1.29. The van der Waals surface area contributed by atoms with Crippen LogP contribution >= 0.6 is 22.6 Å². The third-order valence-corrected chi connectivity index (χ3v) is 4.27. The standard InChI is InChI=1S/C10H16INO4/c1-6(13)12-10(9(15)16-2)4-3-7(11)8(14)5-10/h7-8,14H,3-5H2,1-2H3,(H,12,13)/t7-,8-,10-/m0/s1. The fraction of sp³-hybridized carbons (Fsp3) is 0.800. The molecule has 1 rings (SSSR count). The van der Waals surface area contributed by atoms with Crippen LogP contribution in [-0.2, 0) is 14.3 Å². The first kappa shape index (κ1) is 13.7. The monoisotopic (exact) mass is 341 g/mol. The third-order valence-electron chi connectivity index (χ3n) is 2.81. The first-order valence-electron chi connectivity index (χ1n) is 5.10. The molecule has 0 aromatic rings. The Morgan fingerprint density at radius 2 is 2.19 bits per heavy atom. The largest absolute Gasteiger partial charge is 0.467 e. The van der Waals surface area contributed by atoms with Crippen molar-refractivity contribution < 1.29 is 19.4 Å². The number of rotatable bonds is 2. The van der Waals surface area contributed by atoms with E-state index in [1.54, 1.807) is 0 Å². The van der Waals surface area contributed by atoms with Gasteiger partial charge in [0.25, 0.3) is 0 Å². The SMILES string of the molecule is COC(=O)[C@]1(NC(C)=O)CC[C@H](I)[C@@H](O)C1. The molecule has 0 spiro atoms. The summed E-state index contributed by atoms with van der Waals surface area (Å²) < 4.78 is 4.83. The smallest absolute Gasteiger partial charge is 0.331 e. The molecular weight excluding hydrogens is 325 g/mol. The molecule has 1 amide bonds. The average Bonchev–Trinajstić information content (AvgIpc) is 2.21. The Morgan fingerprint density at radius 3 is 2.62 bits per heavy atom. The molecule has 16 heavy (non-hydrogen) atoms. The number of ether oxygens (including phenoxy) is 1. The molecule has 0 aromatic carbocycles. The molecule has 0 aliphatic heterocycles. The van der Waals surface area contributed by atoms with Gasteiger partial charge >= 0.3 is 5.97 Å². The Kier molecular flexibility index (Phi) is 4.54. The van der Waals surface area contributed by atoms with E-state index in [4.69, 9.17) is 4.74 Å². The van der Waals surface area contributed by atoms with E-state index in [2.05, 4.69) is 27.9 Å². The van der Waals surface area contributed by atoms with Gasteiger partial charge in [0.15, 0.2) is 0 Å². The molecule has 0 bridgehead atoms. The van der Waals surface area contributed by atoms with Gasteiger partial charge in [-0.2, -0.15) is 0 Å². The van der Waals surface area contributed by atoms with Crippen LogP contribution < -0.4 is 5.32 Å². The van der Waals surface area contributed by atoms with Crippen molar-refractivity contribution in [2.24, 2.45) is 0 Å². The quantitative estimate of drug-likeness (QED) is 0.433. The molecule has 0 radical (unpaired) electrons. The number of esters is 1. The maximum Gasteiger partial charge on any atom is 0.331 e. The van der Waals surface area contributed by atoms with Gasteiger partial charge in [-0.05, 0) is 12.8 Å². The van der Waals surface area contributed by atoms with E-state index in [-0.39, 0.29) is 16.3 Å². The van der Waals surface area contributed by atoms with Crippen LogP contribution in [0.1, 0.15) is 26.2 Å². The summed E-state index contributed by atoms with van der Waals surface area (Å²) in [5.74, 6) is -0.769. The molecule has 1 aliphatic rings. The van der Waals surface area contributed by atoms with Crippen molar-refractivity contribution in [2.75, 3.05) is 7.11 Å². The van der Waals surface area contributed by atoms with Crippen molar-refractivity contribution in [3.8, 4) is 0 Å². The van der Waals surface area contributed by atoms with Crippen LogP contribution in [0, 0.1) is 0 Å². The second kappa shape index (κ2) is 5.31. The van der Waals surface area contributed by atoms with Crippen molar-refractivity contribution in [1.82, 2.24) is 5.32 Å². The van der Waals surface area contributed by atoms with E-state index in [1.807, 2.05) is 0 Å². The van der Waals surface area contributed by atoms with Gasteiger partial charge in [-0.3, -0.25) is 4.79 Å². The number of carbonyl (C=O) groups is 2. The lowest BCUT2D eigenvalue weighted by Gasteiger charge is -2.39. The highest BCUT2D eigenvalue weighted by Crippen LogP contribution is 2.33. The molecule has 1 aliphatic carbocycles. The van der Waals surface area contributed by atoms with E-state index in [1.165, 1.54) is 14.0 Å². The Morgan fingerprint density at radius 1 is 1.56 bits per heavy atom. The van der Waals surface area contributed by atoms with Gasteiger partial charge in [-0.25, -0.2) is 4.79 Å². The van der Waals surface area contributed by atoms with Gasteiger partial charge in [0, 0.05) is 17.3 Å². The highest BCUT2D eigenvalue weighted by Gasteiger charge is 2.46. The summed E-state index contributed by atoms with van der Waals surface area (Å²) in [6, 6.07) is 0. The number of aliphatic hydroxyl groups is 1. The van der Waals surface area contributed by atoms with E-state index in [0.29, 0.717) is 12.8 Å². The van der Waals surface area contributed by atoms with Crippen LogP contribution in [0.15, 0.2) is 0 Å². The van der Waals surface area contributed by atoms with Gasteiger partial charge in [0.1, 0.15) is 5.54 Å². The molecule has 0 saturated heterocycles. The number of amides is 1. The second-order valence-corrected chi connectivity index (χ2v) is 5.68. The minimum absolute atomic E-state index is 0.115. The summed E-state index contributed by atoms with van der Waals surface area (Å²) in [4.78, 5) is 22.8. The number of hydrogen-bond donors (Lipinski definition) is 2. The molecule has 1 saturated carbocycles. The Labute approximate surface area is 108 Å². The van der Waals surface area contributed by atoms with E-state index >= 15 is 0 Å². The summed E-state index contributed by atoms with van der Waals surface area (Å²) in [5.41, 5.74) is -1.05. The first-order chi connectivity index (χ1) is 7.41. The number of hydrogen-bond acceptors (Lipinski definition) is 4. The number of halogens is 1. The molecule has 0 heterocycles. The van der Waals surface area contributed by atoms with Gasteiger partial charge < -0.3 is 15.2 Å². The molecule has 1 fully saturated rings. The molecule has 5 nitrogen and oxygen atoms in total. The summed E-state index contributed by atoms with van der Waals surface area (Å²) in [6.45, 7) is 1.35. The molecule has 92 valence electrons. The Hall–Kier alpha value is -0.370. The lowest BCUT2D eigenvalue weighted by molar-refractivity contribution is -0.154. The highest BCUT2D eigenvalue weighted by atomic mass is 127. The highest BCUT2D eigenvalue weighted by molar-refractivity contribution is 14.1. The van der Waals surface area contributed by atoms with Crippen LogP contribution in [0.3, 0.4) is 0 Å². The predicted octanol–water partition coefficient (Wildman–Crippen LogP) is 0.383. The summed E-state index contributed by atoms with van der Waals surface area (Å²) in [6.07, 6.45) is 0.800. The second-order valence-electron chi connectivity index (χ2n) is 4.08. The molecule has 2 N–H and O–H groups in total. The first-order valence-corrected chi connectivity index (χ1v) is 6.35. The van der Waals surface area contributed by atoms with E-state index < -0.39 is 17.6 Å². The lowest BCUT2D eigenvalue weighted by Crippen LogP contribution is -2.59. The van der Waals surface area contributed by atoms with E-state index in [0.717, 1.165) is 0 Å². The number of carbonyl (C=O) groups excluding carboxylic acids is 2. The predicted molar refractivity (Wildman–Crippen MR) is 66.2 cm³/mol. The summed E-state index contributed by atoms with van der Waals surface area (Å²) in [5, 5.41) is 12.4. The maximum absolute atomic E-state index is 11.7. The molecule has 0 aromatic heterocycles. The fourth-order valence-corrected chi connectivity index (χ4v) is 2.61. The van der Waals surface area contributed by atoms with Crippen LogP contribution in [0.5, 0.6) is 0 Å². The average molecular weight is 341 g/mol. The van der Waals surface area contributed by atoms with Crippen molar-refractivity contribution in [1.29, 1.82) is 0 Å². The van der Waals surface area contributed by atoms with Crippen molar-refractivity contribution in [3.05, 3.63) is 0 Å². The van der Waals surface area contributed by atoms with E-state index in [9.17, 15) is 14.7 Å². The van der Waals surface area contributed by atoms with Crippen LogP contribution in [-0.4, -0.2) is 39.7 Å². The molecule has 0 unspecified atom stereocenters. The van der Waals surface area contributed by atoms with Gasteiger partial charge in [-0.1, -0.05) is 22.6 Å². The zero-order valence-corrected chi connectivity index (χ0v) is 11.5. The van der Waals surface area contributed by atoms with Crippen LogP contribution in [0.2, 0.25) is 0 Å². The number of alkyl halides is 1. The van der Waals surface area contributed by atoms with Crippen molar-refractivity contribution in [3.63, 3.8) is 0 Å². The van der Waals surface area contributed by atoms with Crippen molar-refractivity contribution in [2.45, 2.75) is 41.8 Å². The molecule has 3 atom stereocenters. The lowest BCUT2D eigenvalue weighted by atomic mass is 9.80. The van der Waals surface area contributed by atoms with Crippen LogP contribution in [0.25, 0.3) is 0 Å². The topological polar surface area (TPSA) is 75.6 Å². The summed E-state index contributed by atoms with van der Waals surface area (Å²) >= 11 is 2.15. The van der Waals surface area contributed by atoms with Gasteiger partial charge in [0.05, 0.1) is 13.2 Å². The zero-order valence-electron chi connectivity index (χ0n) is 9.33. The fourth-order valence-electron chi connectivity index (χ4n) is 2.05. The van der Waals surface area contributed by atoms with Gasteiger partial charge in [-0.15, -0.1) is 0 Å². The third kappa shape index (κ3) is 2.85. The minimum Gasteiger partial charge on any atom is -0.467 e. The number of aliphatic hydroxyl groups excluding tert-OH is 1. The minimum atomic E-state index is -1.05. The normalized spacial score (nSPS) is 34.2. The number of methoxy groups -OCH3 is 1. The van der Waals surface area contributed by atoms with Gasteiger partial charge in [0.2, 0.25) is 5.91 Å². The maximum atomic E-state index is 11.7. The van der Waals surface area contributed by atoms with Crippen molar-refractivity contribution >= 4 is 34.5 Å². The molecular formula is C10H16INO4. The van der Waals surface area contributed by atoms with Crippen LogP contribution in [0.4, 0.5) is 0 Å².